The fraction of sp³-hybridized carbons (Fsp3) is 0.929. The van der Waals surface area contributed by atoms with E-state index in [1.165, 1.54) is 4.90 Å². The molecule has 0 rings (SSSR count). The number of nitrogens with zero attached hydrogens (tertiary/aromatic N) is 1. The molecule has 0 aromatic heterocycles. The Morgan fingerprint density at radius 2 is 1.35 bits per heavy atom. The summed E-state index contributed by atoms with van der Waals surface area (Å²) in [5, 5.41) is 0. The minimum absolute atomic E-state index is 0.00935. The lowest BCUT2D eigenvalue weighted by Gasteiger charge is -2.31. The van der Waals surface area contributed by atoms with Crippen molar-refractivity contribution in [1.29, 1.82) is 0 Å². The van der Waals surface area contributed by atoms with Crippen LogP contribution in [0.4, 0.5) is 4.79 Å². The Balaban J connectivity index is 4.57. The second-order valence-corrected chi connectivity index (χ2v) is 7.43. The largest absolute Gasteiger partial charge is 0.446 e. The lowest BCUT2D eigenvalue weighted by Crippen LogP contribution is -2.32. The molecule has 0 saturated carbocycles. The maximum atomic E-state index is 11.6. The molecule has 0 aromatic rings. The van der Waals surface area contributed by atoms with Gasteiger partial charge in [-0.05, 0) is 23.7 Å². The normalized spacial score (nSPS) is 12.8. The van der Waals surface area contributed by atoms with Crippen molar-refractivity contribution >= 4 is 6.09 Å². The van der Waals surface area contributed by atoms with Crippen LogP contribution in [-0.4, -0.2) is 31.2 Å². The summed E-state index contributed by atoms with van der Waals surface area (Å²) in [5.41, 5.74) is 0.338. The zero-order chi connectivity index (χ0) is 13.9. The van der Waals surface area contributed by atoms with Gasteiger partial charge in [-0.1, -0.05) is 41.5 Å². The summed E-state index contributed by atoms with van der Waals surface area (Å²) in [6.45, 7) is 13.0. The first-order valence-electron chi connectivity index (χ1n) is 6.29. The molecule has 3 heteroatoms. The molecule has 0 spiro atoms. The fourth-order valence-corrected chi connectivity index (χ4v) is 1.77. The van der Waals surface area contributed by atoms with Crippen LogP contribution in [0.2, 0.25) is 0 Å². The highest BCUT2D eigenvalue weighted by Crippen LogP contribution is 2.30. The molecule has 0 bridgehead atoms. The van der Waals surface area contributed by atoms with Gasteiger partial charge in [0, 0.05) is 14.1 Å². The Kier molecular flexibility index (Phi) is 5.50. The number of hydrogen-bond donors (Lipinski definition) is 0. The molecule has 3 nitrogen and oxygen atoms in total. The number of amides is 1. The Bertz CT molecular complexity index is 230. The third kappa shape index (κ3) is 9.02. The van der Waals surface area contributed by atoms with E-state index in [9.17, 15) is 4.79 Å². The molecular weight excluding hydrogens is 214 g/mol. The summed E-state index contributed by atoms with van der Waals surface area (Å²) in [4.78, 5) is 13.1. The van der Waals surface area contributed by atoms with Crippen LogP contribution in [0.15, 0.2) is 0 Å². The third-order valence-electron chi connectivity index (χ3n) is 2.31. The van der Waals surface area contributed by atoms with Gasteiger partial charge in [0.05, 0.1) is 0 Å². The summed E-state index contributed by atoms with van der Waals surface area (Å²) < 4.78 is 5.55. The van der Waals surface area contributed by atoms with Crippen molar-refractivity contribution in [1.82, 2.24) is 4.90 Å². The van der Waals surface area contributed by atoms with Crippen molar-refractivity contribution in [3.63, 3.8) is 0 Å². The molecule has 0 saturated heterocycles. The van der Waals surface area contributed by atoms with Crippen LogP contribution in [-0.2, 0) is 4.74 Å². The molecule has 17 heavy (non-hydrogen) atoms. The lowest BCUT2D eigenvalue weighted by molar-refractivity contribution is 0.0320. The van der Waals surface area contributed by atoms with Crippen LogP contribution in [0.5, 0.6) is 0 Å². The fourth-order valence-electron chi connectivity index (χ4n) is 1.77. The van der Waals surface area contributed by atoms with Gasteiger partial charge in [0.15, 0.2) is 0 Å². The standard InChI is InChI=1S/C14H29NO2/c1-13(2,3)9-11(10-14(4,5)6)17-12(16)15(7)8/h11H,9-10H2,1-8H3. The zero-order valence-electron chi connectivity index (χ0n) is 12.8. The second kappa shape index (κ2) is 5.74. The van der Waals surface area contributed by atoms with Gasteiger partial charge in [0.2, 0.25) is 0 Å². The molecule has 102 valence electrons. The van der Waals surface area contributed by atoms with E-state index in [0.29, 0.717) is 0 Å². The third-order valence-corrected chi connectivity index (χ3v) is 2.31. The van der Waals surface area contributed by atoms with Crippen molar-refractivity contribution in [2.45, 2.75) is 60.5 Å². The molecule has 0 N–H and O–H groups in total. The molecule has 1 amide bonds. The van der Waals surface area contributed by atoms with Crippen molar-refractivity contribution in [3.8, 4) is 0 Å². The van der Waals surface area contributed by atoms with E-state index in [1.807, 2.05) is 0 Å². The van der Waals surface area contributed by atoms with E-state index < -0.39 is 0 Å². The number of ether oxygens (including phenoxy) is 1. The number of hydrogen-bond acceptors (Lipinski definition) is 2. The van der Waals surface area contributed by atoms with Crippen molar-refractivity contribution in [3.05, 3.63) is 0 Å². The van der Waals surface area contributed by atoms with Crippen LogP contribution in [0, 0.1) is 10.8 Å². The lowest BCUT2D eigenvalue weighted by atomic mass is 9.82. The maximum Gasteiger partial charge on any atom is 0.409 e. The van der Waals surface area contributed by atoms with Gasteiger partial charge in [-0.15, -0.1) is 0 Å². The SMILES string of the molecule is CN(C)C(=O)OC(CC(C)(C)C)CC(C)(C)C. The summed E-state index contributed by atoms with van der Waals surface area (Å²) in [7, 11) is 3.43. The van der Waals surface area contributed by atoms with Crippen LogP contribution in [0.3, 0.4) is 0 Å². The van der Waals surface area contributed by atoms with E-state index in [-0.39, 0.29) is 23.0 Å². The van der Waals surface area contributed by atoms with Crippen LogP contribution < -0.4 is 0 Å². The maximum absolute atomic E-state index is 11.6. The number of carbonyl (C=O) groups excluding carboxylic acids is 1. The highest BCUT2D eigenvalue weighted by Gasteiger charge is 2.27. The van der Waals surface area contributed by atoms with Crippen LogP contribution >= 0.6 is 0 Å². The summed E-state index contributed by atoms with van der Waals surface area (Å²) in [6.07, 6.45) is 1.53. The zero-order valence-corrected chi connectivity index (χ0v) is 12.8. The average molecular weight is 243 g/mol. The second-order valence-electron chi connectivity index (χ2n) is 7.43. The van der Waals surface area contributed by atoms with Crippen molar-refractivity contribution in [2.24, 2.45) is 10.8 Å². The van der Waals surface area contributed by atoms with Gasteiger partial charge >= 0.3 is 6.09 Å². The molecule has 0 fully saturated rings. The minimum atomic E-state index is -0.247. The molecule has 0 aliphatic carbocycles. The molecule has 0 aliphatic heterocycles. The quantitative estimate of drug-likeness (QED) is 0.751. The van der Waals surface area contributed by atoms with Gasteiger partial charge in [-0.25, -0.2) is 4.79 Å². The smallest absolute Gasteiger partial charge is 0.409 e. The Morgan fingerprint density at radius 1 is 1.00 bits per heavy atom. The van der Waals surface area contributed by atoms with E-state index in [4.69, 9.17) is 4.74 Å². The molecular formula is C14H29NO2. The number of rotatable bonds is 3. The Hall–Kier alpha value is -0.730. The molecule has 0 aromatic carbocycles. The van der Waals surface area contributed by atoms with Gasteiger partial charge in [-0.3, -0.25) is 0 Å². The van der Waals surface area contributed by atoms with Crippen LogP contribution in [0.1, 0.15) is 54.4 Å². The van der Waals surface area contributed by atoms with Gasteiger partial charge < -0.3 is 9.64 Å². The van der Waals surface area contributed by atoms with Crippen molar-refractivity contribution < 1.29 is 9.53 Å². The topological polar surface area (TPSA) is 29.5 Å². The van der Waals surface area contributed by atoms with Crippen molar-refractivity contribution in [2.75, 3.05) is 14.1 Å². The van der Waals surface area contributed by atoms with Gasteiger partial charge in [-0.2, -0.15) is 0 Å². The van der Waals surface area contributed by atoms with E-state index in [1.54, 1.807) is 14.1 Å². The molecule has 0 atom stereocenters. The molecule has 0 aliphatic rings. The van der Waals surface area contributed by atoms with E-state index in [0.717, 1.165) is 12.8 Å². The first-order chi connectivity index (χ1) is 7.41. The molecule has 0 heterocycles. The first kappa shape index (κ1) is 16.3. The predicted octanol–water partition coefficient (Wildman–Crippen LogP) is 3.93. The molecule has 0 radical (unpaired) electrons. The predicted molar refractivity (Wildman–Crippen MR) is 72.1 cm³/mol. The highest BCUT2D eigenvalue weighted by molar-refractivity contribution is 5.66. The average Bonchev–Trinajstić information content (AvgIpc) is 1.96. The summed E-state index contributed by atoms with van der Waals surface area (Å²) in [5.74, 6) is 0. The highest BCUT2D eigenvalue weighted by atomic mass is 16.6. The Labute approximate surface area is 107 Å². The molecule has 0 unspecified atom stereocenters. The van der Waals surface area contributed by atoms with Crippen LogP contribution in [0.25, 0.3) is 0 Å². The summed E-state index contributed by atoms with van der Waals surface area (Å²) in [6, 6.07) is 0. The minimum Gasteiger partial charge on any atom is -0.446 e. The van der Waals surface area contributed by atoms with E-state index in [2.05, 4.69) is 41.5 Å². The number of carbonyl (C=O) groups is 1. The Morgan fingerprint density at radius 3 is 1.59 bits per heavy atom. The summed E-state index contributed by atoms with van der Waals surface area (Å²) >= 11 is 0. The van der Waals surface area contributed by atoms with E-state index >= 15 is 0 Å². The van der Waals surface area contributed by atoms with Gasteiger partial charge in [0.25, 0.3) is 0 Å². The van der Waals surface area contributed by atoms with Gasteiger partial charge in [0.1, 0.15) is 6.10 Å². The first-order valence-corrected chi connectivity index (χ1v) is 6.29. The monoisotopic (exact) mass is 243 g/mol.